The van der Waals surface area contributed by atoms with Gasteiger partial charge in [-0.25, -0.2) is 0 Å². The van der Waals surface area contributed by atoms with Gasteiger partial charge in [-0.3, -0.25) is 4.98 Å². The van der Waals surface area contributed by atoms with Crippen LogP contribution in [-0.4, -0.2) is 18.1 Å². The fourth-order valence-corrected chi connectivity index (χ4v) is 2.40. The van der Waals surface area contributed by atoms with E-state index in [1.165, 1.54) is 16.7 Å². The van der Waals surface area contributed by atoms with Gasteiger partial charge < -0.3 is 5.32 Å². The molecule has 0 aliphatic heterocycles. The monoisotopic (exact) mass is 268 g/mol. The van der Waals surface area contributed by atoms with Crippen LogP contribution in [0.1, 0.15) is 36.5 Å². The zero-order valence-corrected chi connectivity index (χ0v) is 12.6. The van der Waals surface area contributed by atoms with E-state index < -0.39 is 0 Å². The van der Waals surface area contributed by atoms with Gasteiger partial charge in [-0.15, -0.1) is 0 Å². The number of aromatic nitrogens is 1. The molecule has 1 aromatic heterocycles. The van der Waals surface area contributed by atoms with E-state index in [9.17, 15) is 0 Å². The molecule has 2 aromatic rings. The van der Waals surface area contributed by atoms with Crippen LogP contribution in [-0.2, 0) is 12.8 Å². The fraction of sp³-hybridized carbons (Fsp3) is 0.389. The van der Waals surface area contributed by atoms with E-state index in [-0.39, 0.29) is 0 Å². The molecule has 0 fully saturated rings. The quantitative estimate of drug-likeness (QED) is 0.866. The van der Waals surface area contributed by atoms with E-state index in [2.05, 4.69) is 54.5 Å². The summed E-state index contributed by atoms with van der Waals surface area (Å²) < 4.78 is 0. The normalized spacial score (nSPS) is 12.6. The molecular formula is C18H24N2. The van der Waals surface area contributed by atoms with Gasteiger partial charge in [-0.1, -0.05) is 44.2 Å². The van der Waals surface area contributed by atoms with E-state index in [1.54, 1.807) is 0 Å². The Kier molecular flexibility index (Phi) is 5.31. The highest BCUT2D eigenvalue weighted by atomic mass is 14.9. The third kappa shape index (κ3) is 4.17. The Morgan fingerprint density at radius 1 is 1.00 bits per heavy atom. The summed E-state index contributed by atoms with van der Waals surface area (Å²) in [5, 5.41) is 3.41. The van der Waals surface area contributed by atoms with Crippen LogP contribution in [0.25, 0.3) is 0 Å². The highest BCUT2D eigenvalue weighted by molar-refractivity contribution is 5.25. The molecule has 20 heavy (non-hydrogen) atoms. The van der Waals surface area contributed by atoms with Gasteiger partial charge in [0.25, 0.3) is 0 Å². The molecule has 0 radical (unpaired) electrons. The first-order chi connectivity index (χ1) is 9.69. The Labute approximate surface area is 122 Å². The smallest absolute Gasteiger partial charge is 0.0300 e. The van der Waals surface area contributed by atoms with Crippen LogP contribution in [0.4, 0.5) is 0 Å². The summed E-state index contributed by atoms with van der Waals surface area (Å²) in [7, 11) is 2.03. The minimum Gasteiger partial charge on any atom is -0.316 e. The molecule has 1 aromatic carbocycles. The summed E-state index contributed by atoms with van der Waals surface area (Å²) in [6, 6.07) is 13.6. The number of benzene rings is 1. The summed E-state index contributed by atoms with van der Waals surface area (Å²) in [5.41, 5.74) is 4.07. The number of likely N-dealkylation sites (N-methyl/N-ethyl adjacent to an activating group) is 1. The van der Waals surface area contributed by atoms with E-state index in [1.807, 2.05) is 25.5 Å². The first-order valence-corrected chi connectivity index (χ1v) is 7.34. The molecule has 0 aliphatic rings. The second-order valence-corrected chi connectivity index (χ2v) is 5.65. The van der Waals surface area contributed by atoms with Crippen molar-refractivity contribution in [3.05, 3.63) is 65.5 Å². The maximum absolute atomic E-state index is 4.18. The molecule has 1 atom stereocenters. The summed E-state index contributed by atoms with van der Waals surface area (Å²) in [6.45, 7) is 4.46. The molecule has 2 heteroatoms. The highest BCUT2D eigenvalue weighted by Gasteiger charge is 2.09. The number of nitrogens with zero attached hydrogens (tertiary/aromatic N) is 1. The first-order valence-electron chi connectivity index (χ1n) is 7.34. The molecule has 2 rings (SSSR count). The van der Waals surface area contributed by atoms with Crippen LogP contribution in [0.3, 0.4) is 0 Å². The molecule has 106 valence electrons. The Bertz CT molecular complexity index is 503. The van der Waals surface area contributed by atoms with Gasteiger partial charge in [-0.2, -0.15) is 0 Å². The van der Waals surface area contributed by atoms with Crippen molar-refractivity contribution >= 4 is 0 Å². The number of rotatable bonds is 6. The van der Waals surface area contributed by atoms with Crippen molar-refractivity contribution in [2.75, 3.05) is 7.05 Å². The van der Waals surface area contributed by atoms with Gasteiger partial charge in [0.15, 0.2) is 0 Å². The van der Waals surface area contributed by atoms with Gasteiger partial charge in [0.2, 0.25) is 0 Å². The van der Waals surface area contributed by atoms with Crippen LogP contribution in [0.15, 0.2) is 48.8 Å². The van der Waals surface area contributed by atoms with Crippen LogP contribution in [0.2, 0.25) is 0 Å². The topological polar surface area (TPSA) is 24.9 Å². The molecule has 1 N–H and O–H groups in total. The summed E-state index contributed by atoms with van der Waals surface area (Å²) in [4.78, 5) is 4.18. The molecule has 0 saturated heterocycles. The van der Waals surface area contributed by atoms with Gasteiger partial charge in [-0.05, 0) is 48.6 Å². The number of nitrogens with one attached hydrogen (secondary N) is 1. The van der Waals surface area contributed by atoms with Gasteiger partial charge >= 0.3 is 0 Å². The number of hydrogen-bond acceptors (Lipinski definition) is 2. The van der Waals surface area contributed by atoms with Crippen molar-refractivity contribution in [3.8, 4) is 0 Å². The summed E-state index contributed by atoms with van der Waals surface area (Å²) in [5.74, 6) is 0.597. The molecule has 0 spiro atoms. The van der Waals surface area contributed by atoms with Gasteiger partial charge in [0, 0.05) is 18.4 Å². The zero-order valence-electron chi connectivity index (χ0n) is 12.6. The van der Waals surface area contributed by atoms with Crippen molar-refractivity contribution in [2.45, 2.75) is 38.6 Å². The second kappa shape index (κ2) is 7.20. The Hall–Kier alpha value is -1.67. The van der Waals surface area contributed by atoms with E-state index in [0.29, 0.717) is 12.0 Å². The van der Waals surface area contributed by atoms with Crippen LogP contribution < -0.4 is 5.32 Å². The van der Waals surface area contributed by atoms with Crippen molar-refractivity contribution in [2.24, 2.45) is 0 Å². The molecule has 0 saturated carbocycles. The molecule has 0 aliphatic carbocycles. The molecule has 1 unspecified atom stereocenters. The lowest BCUT2D eigenvalue weighted by Crippen LogP contribution is -2.29. The van der Waals surface area contributed by atoms with Crippen molar-refractivity contribution in [1.29, 1.82) is 0 Å². The SMILES string of the molecule is CNC(Cc1ccc(C(C)C)cc1)Cc1cccnc1. The molecule has 1 heterocycles. The highest BCUT2D eigenvalue weighted by Crippen LogP contribution is 2.16. The second-order valence-electron chi connectivity index (χ2n) is 5.65. The lowest BCUT2D eigenvalue weighted by Gasteiger charge is -2.16. The number of hydrogen-bond donors (Lipinski definition) is 1. The predicted octanol–water partition coefficient (Wildman–Crippen LogP) is 3.58. The van der Waals surface area contributed by atoms with Crippen LogP contribution >= 0.6 is 0 Å². The largest absolute Gasteiger partial charge is 0.316 e. The molecule has 2 nitrogen and oxygen atoms in total. The molecular weight excluding hydrogens is 244 g/mol. The Morgan fingerprint density at radius 2 is 1.70 bits per heavy atom. The van der Waals surface area contributed by atoms with Crippen molar-refractivity contribution in [3.63, 3.8) is 0 Å². The lowest BCUT2D eigenvalue weighted by molar-refractivity contribution is 0.555. The van der Waals surface area contributed by atoms with Crippen LogP contribution in [0, 0.1) is 0 Å². The zero-order chi connectivity index (χ0) is 14.4. The third-order valence-corrected chi connectivity index (χ3v) is 3.74. The summed E-state index contributed by atoms with van der Waals surface area (Å²) in [6.07, 6.45) is 5.83. The van der Waals surface area contributed by atoms with E-state index in [4.69, 9.17) is 0 Å². The maximum atomic E-state index is 4.18. The Balaban J connectivity index is 1.99. The standard InChI is InChI=1S/C18H24N2/c1-14(2)17-8-6-15(7-9-17)11-18(19-3)12-16-5-4-10-20-13-16/h4-10,13-14,18-19H,11-12H2,1-3H3. The maximum Gasteiger partial charge on any atom is 0.0300 e. The minimum atomic E-state index is 0.448. The number of pyridine rings is 1. The average Bonchev–Trinajstić information content (AvgIpc) is 2.48. The average molecular weight is 268 g/mol. The van der Waals surface area contributed by atoms with Crippen molar-refractivity contribution in [1.82, 2.24) is 10.3 Å². The van der Waals surface area contributed by atoms with Gasteiger partial charge in [0.1, 0.15) is 0 Å². The van der Waals surface area contributed by atoms with Crippen LogP contribution in [0.5, 0.6) is 0 Å². The van der Waals surface area contributed by atoms with Crippen molar-refractivity contribution < 1.29 is 0 Å². The Morgan fingerprint density at radius 3 is 2.25 bits per heavy atom. The summed E-state index contributed by atoms with van der Waals surface area (Å²) >= 11 is 0. The van der Waals surface area contributed by atoms with E-state index >= 15 is 0 Å². The minimum absolute atomic E-state index is 0.448. The van der Waals surface area contributed by atoms with Gasteiger partial charge in [0.05, 0.1) is 0 Å². The molecule has 0 amide bonds. The molecule has 0 bridgehead atoms. The predicted molar refractivity (Wildman–Crippen MR) is 85.0 cm³/mol. The van der Waals surface area contributed by atoms with E-state index in [0.717, 1.165) is 12.8 Å². The fourth-order valence-electron chi connectivity index (χ4n) is 2.40. The lowest BCUT2D eigenvalue weighted by atomic mass is 9.97. The third-order valence-electron chi connectivity index (χ3n) is 3.74. The first kappa shape index (κ1) is 14.7.